The Labute approximate surface area is 135 Å². The standard InChI is InChI=1S/C14H12N4O6/c1-14-9(10(15-16-14)12(20)24-2)11(19)17(13(14)21)7-3-5-8(6-4-7)18(22)23/h3-6,9,16H,1-2H3/t9-,14+/m0/s1. The van der Waals surface area contributed by atoms with Crippen molar-refractivity contribution in [2.75, 3.05) is 12.0 Å². The summed E-state index contributed by atoms with van der Waals surface area (Å²) in [6.45, 7) is 1.46. The number of benzene rings is 1. The molecule has 1 saturated heterocycles. The van der Waals surface area contributed by atoms with Crippen LogP contribution in [0.5, 0.6) is 0 Å². The monoisotopic (exact) mass is 332 g/mol. The van der Waals surface area contributed by atoms with Crippen LogP contribution in [0.1, 0.15) is 6.92 Å². The Balaban J connectivity index is 1.99. The predicted octanol–water partition coefficient (Wildman–Crippen LogP) is -0.0249. The number of imide groups is 1. The quantitative estimate of drug-likeness (QED) is 0.356. The number of amides is 2. The zero-order chi connectivity index (χ0) is 17.6. The van der Waals surface area contributed by atoms with Crippen molar-refractivity contribution in [3.8, 4) is 0 Å². The second-order valence-electron chi connectivity index (χ2n) is 5.49. The molecule has 2 amide bonds. The van der Waals surface area contributed by atoms with Gasteiger partial charge in [0.2, 0.25) is 5.91 Å². The largest absolute Gasteiger partial charge is 0.464 e. The predicted molar refractivity (Wildman–Crippen MR) is 80.1 cm³/mol. The summed E-state index contributed by atoms with van der Waals surface area (Å²) < 4.78 is 4.59. The lowest BCUT2D eigenvalue weighted by Gasteiger charge is -2.20. The lowest BCUT2D eigenvalue weighted by Crippen LogP contribution is -2.48. The van der Waals surface area contributed by atoms with Gasteiger partial charge in [-0.15, -0.1) is 0 Å². The molecule has 1 aromatic rings. The highest BCUT2D eigenvalue weighted by Crippen LogP contribution is 2.38. The number of nitro benzene ring substituents is 1. The van der Waals surface area contributed by atoms with Crippen LogP contribution in [0.4, 0.5) is 11.4 Å². The minimum absolute atomic E-state index is 0.167. The van der Waals surface area contributed by atoms with E-state index in [1.165, 1.54) is 31.2 Å². The number of hydrogen-bond donors (Lipinski definition) is 1. The van der Waals surface area contributed by atoms with Crippen molar-refractivity contribution in [3.63, 3.8) is 0 Å². The molecule has 124 valence electrons. The van der Waals surface area contributed by atoms with Gasteiger partial charge in [-0.25, -0.2) is 9.69 Å². The van der Waals surface area contributed by atoms with Crippen LogP contribution in [-0.2, 0) is 19.1 Å². The molecule has 2 aliphatic heterocycles. The van der Waals surface area contributed by atoms with Crippen molar-refractivity contribution in [2.45, 2.75) is 12.5 Å². The summed E-state index contributed by atoms with van der Waals surface area (Å²) >= 11 is 0. The third-order valence-electron chi connectivity index (χ3n) is 4.09. The Morgan fingerprint density at radius 2 is 2.00 bits per heavy atom. The van der Waals surface area contributed by atoms with E-state index >= 15 is 0 Å². The first-order valence-corrected chi connectivity index (χ1v) is 6.87. The second-order valence-corrected chi connectivity index (χ2v) is 5.49. The molecule has 0 aliphatic carbocycles. The fraction of sp³-hybridized carbons (Fsp3) is 0.286. The van der Waals surface area contributed by atoms with Crippen LogP contribution >= 0.6 is 0 Å². The van der Waals surface area contributed by atoms with Crippen LogP contribution in [0, 0.1) is 16.0 Å². The van der Waals surface area contributed by atoms with Gasteiger partial charge in [-0.05, 0) is 19.1 Å². The van der Waals surface area contributed by atoms with E-state index in [1.54, 1.807) is 0 Å². The minimum atomic E-state index is -1.40. The van der Waals surface area contributed by atoms with Crippen molar-refractivity contribution in [2.24, 2.45) is 11.0 Å². The zero-order valence-corrected chi connectivity index (χ0v) is 12.7. The number of fused-ring (bicyclic) bond motifs is 1. The van der Waals surface area contributed by atoms with Gasteiger partial charge in [-0.3, -0.25) is 25.1 Å². The van der Waals surface area contributed by atoms with Gasteiger partial charge in [0.15, 0.2) is 5.71 Å². The third kappa shape index (κ3) is 1.96. The van der Waals surface area contributed by atoms with E-state index in [4.69, 9.17) is 0 Å². The molecule has 1 fully saturated rings. The zero-order valence-electron chi connectivity index (χ0n) is 12.7. The SMILES string of the molecule is COC(=O)C1=NN[C@@]2(C)C(=O)N(c3ccc([N+](=O)[O-])cc3)C(=O)[C@H]12. The maximum Gasteiger partial charge on any atom is 0.355 e. The molecular weight excluding hydrogens is 320 g/mol. The van der Waals surface area contributed by atoms with Crippen molar-refractivity contribution in [1.82, 2.24) is 5.43 Å². The van der Waals surface area contributed by atoms with Gasteiger partial charge in [0, 0.05) is 12.1 Å². The topological polar surface area (TPSA) is 131 Å². The van der Waals surface area contributed by atoms with E-state index < -0.39 is 34.2 Å². The summed E-state index contributed by atoms with van der Waals surface area (Å²) in [6, 6.07) is 4.98. The smallest absolute Gasteiger partial charge is 0.355 e. The summed E-state index contributed by atoms with van der Waals surface area (Å²) in [7, 11) is 1.15. The second kappa shape index (κ2) is 5.11. The lowest BCUT2D eigenvalue weighted by molar-refractivity contribution is -0.384. The van der Waals surface area contributed by atoms with Gasteiger partial charge in [0.1, 0.15) is 11.5 Å². The number of methoxy groups -OCH3 is 1. The van der Waals surface area contributed by atoms with Crippen molar-refractivity contribution in [1.29, 1.82) is 0 Å². The number of nitro groups is 1. The molecule has 3 rings (SSSR count). The first-order chi connectivity index (χ1) is 11.3. The Bertz CT molecular complexity index is 802. The number of esters is 1. The fourth-order valence-electron chi connectivity index (χ4n) is 2.81. The summed E-state index contributed by atoms with van der Waals surface area (Å²) in [5, 5.41) is 14.5. The summed E-state index contributed by atoms with van der Waals surface area (Å²) in [6.07, 6.45) is 0. The van der Waals surface area contributed by atoms with E-state index in [9.17, 15) is 24.5 Å². The molecular formula is C14H12N4O6. The summed E-state index contributed by atoms with van der Waals surface area (Å²) in [5.41, 5.74) is 0.969. The van der Waals surface area contributed by atoms with Gasteiger partial charge >= 0.3 is 5.97 Å². The molecule has 2 heterocycles. The minimum Gasteiger partial charge on any atom is -0.464 e. The summed E-state index contributed by atoms with van der Waals surface area (Å²) in [4.78, 5) is 48.1. The number of ether oxygens (including phenoxy) is 1. The van der Waals surface area contributed by atoms with E-state index in [1.807, 2.05) is 0 Å². The van der Waals surface area contributed by atoms with Crippen molar-refractivity contribution in [3.05, 3.63) is 34.4 Å². The van der Waals surface area contributed by atoms with Gasteiger partial charge in [-0.2, -0.15) is 5.10 Å². The van der Waals surface area contributed by atoms with Gasteiger partial charge < -0.3 is 4.74 Å². The number of hydrazone groups is 1. The van der Waals surface area contributed by atoms with Crippen LogP contribution in [-0.4, -0.2) is 41.1 Å². The van der Waals surface area contributed by atoms with Crippen molar-refractivity contribution < 1.29 is 24.0 Å². The van der Waals surface area contributed by atoms with E-state index in [0.29, 0.717) is 0 Å². The van der Waals surface area contributed by atoms with Gasteiger partial charge in [-0.1, -0.05) is 0 Å². The highest BCUT2D eigenvalue weighted by atomic mass is 16.6. The average Bonchev–Trinajstić information content (AvgIpc) is 3.01. The summed E-state index contributed by atoms with van der Waals surface area (Å²) in [5.74, 6) is -3.17. The van der Waals surface area contributed by atoms with E-state index in [-0.39, 0.29) is 17.1 Å². The molecule has 0 bridgehead atoms. The number of nitrogens with one attached hydrogen (secondary N) is 1. The number of nitrogens with zero attached hydrogens (tertiary/aromatic N) is 3. The Morgan fingerprint density at radius 3 is 2.54 bits per heavy atom. The number of anilines is 1. The maximum absolute atomic E-state index is 12.7. The van der Waals surface area contributed by atoms with Crippen LogP contribution in [0.25, 0.3) is 0 Å². The average molecular weight is 332 g/mol. The maximum atomic E-state index is 12.7. The molecule has 2 aliphatic rings. The Morgan fingerprint density at radius 1 is 1.38 bits per heavy atom. The van der Waals surface area contributed by atoms with Crippen LogP contribution in [0.15, 0.2) is 29.4 Å². The Hall–Kier alpha value is -3.30. The molecule has 1 N–H and O–H groups in total. The third-order valence-corrected chi connectivity index (χ3v) is 4.09. The molecule has 0 saturated carbocycles. The molecule has 2 atom stereocenters. The Kier molecular flexibility index (Phi) is 3.32. The number of rotatable bonds is 3. The normalized spacial score (nSPS) is 25.2. The molecule has 0 aromatic heterocycles. The first kappa shape index (κ1) is 15.6. The van der Waals surface area contributed by atoms with Gasteiger partial charge in [0.05, 0.1) is 17.7 Å². The fourth-order valence-corrected chi connectivity index (χ4v) is 2.81. The molecule has 0 unspecified atom stereocenters. The first-order valence-electron chi connectivity index (χ1n) is 6.87. The van der Waals surface area contributed by atoms with Crippen LogP contribution < -0.4 is 10.3 Å². The molecule has 10 nitrogen and oxygen atoms in total. The molecule has 0 spiro atoms. The van der Waals surface area contributed by atoms with E-state index in [0.717, 1.165) is 12.0 Å². The van der Waals surface area contributed by atoms with E-state index in [2.05, 4.69) is 15.3 Å². The number of carbonyl (C=O) groups excluding carboxylic acids is 3. The van der Waals surface area contributed by atoms with Crippen molar-refractivity contribution >= 4 is 34.9 Å². The van der Waals surface area contributed by atoms with Gasteiger partial charge in [0.25, 0.3) is 11.6 Å². The molecule has 0 radical (unpaired) electrons. The lowest BCUT2D eigenvalue weighted by atomic mass is 9.86. The highest BCUT2D eigenvalue weighted by Gasteiger charge is 2.63. The molecule has 1 aromatic carbocycles. The highest BCUT2D eigenvalue weighted by molar-refractivity contribution is 6.47. The molecule has 24 heavy (non-hydrogen) atoms. The number of hydrogen-bond acceptors (Lipinski definition) is 8. The van der Waals surface area contributed by atoms with Crippen LogP contribution in [0.3, 0.4) is 0 Å². The number of non-ortho nitro benzene ring substituents is 1. The number of carbonyl (C=O) groups is 3. The molecule has 10 heteroatoms. The van der Waals surface area contributed by atoms with Crippen LogP contribution in [0.2, 0.25) is 0 Å².